The van der Waals surface area contributed by atoms with E-state index >= 15 is 0 Å². The van der Waals surface area contributed by atoms with Gasteiger partial charge in [-0.3, -0.25) is 5.92 Å². The molecule has 0 N–H and O–H groups in total. The van der Waals surface area contributed by atoms with Crippen LogP contribution in [0.4, 0.5) is 0 Å². The molecule has 0 spiro atoms. The van der Waals surface area contributed by atoms with Gasteiger partial charge in [-0.15, -0.1) is 11.8 Å². The molecule has 230 valence electrons. The molecular weight excluding hydrogens is 592 g/mol. The zero-order valence-corrected chi connectivity index (χ0v) is 30.5. The van der Waals surface area contributed by atoms with Gasteiger partial charge in [0, 0.05) is 9.52 Å². The second-order valence-corrected chi connectivity index (χ2v) is 13.9. The molecule has 4 aromatic rings. The Morgan fingerprint density at radius 3 is 2.07 bits per heavy atom. The van der Waals surface area contributed by atoms with E-state index in [0.29, 0.717) is 11.8 Å². The van der Waals surface area contributed by atoms with Crippen LogP contribution < -0.4 is 0 Å². The van der Waals surface area contributed by atoms with Crippen LogP contribution in [0.25, 0.3) is 34.1 Å². The Bertz CT molecular complexity index is 1570. The molecule has 7 rings (SSSR count). The Hall–Kier alpha value is -2.45. The zero-order chi connectivity index (χ0) is 30.9. The maximum Gasteiger partial charge on any atom is 2.00 e. The van der Waals surface area contributed by atoms with Gasteiger partial charge in [-0.2, -0.15) is 12.8 Å². The minimum Gasteiger partial charge on any atom is -0.343 e. The van der Waals surface area contributed by atoms with E-state index in [4.69, 9.17) is 0 Å². The second kappa shape index (κ2) is 17.5. The van der Waals surface area contributed by atoms with Crippen LogP contribution in [0.15, 0.2) is 96.1 Å². The largest absolute Gasteiger partial charge is 2.00 e. The van der Waals surface area contributed by atoms with Crippen molar-refractivity contribution in [3.05, 3.63) is 131 Å². The van der Waals surface area contributed by atoms with Crippen LogP contribution in [0, 0.1) is 12.8 Å². The van der Waals surface area contributed by atoms with Crippen LogP contribution >= 0.6 is 0 Å². The third-order valence-corrected chi connectivity index (χ3v) is 10.8. The summed E-state index contributed by atoms with van der Waals surface area (Å²) in [7, 11) is 1.31. The van der Waals surface area contributed by atoms with E-state index in [-0.39, 0.29) is 21.7 Å². The van der Waals surface area contributed by atoms with Crippen LogP contribution in [0.1, 0.15) is 107 Å². The van der Waals surface area contributed by atoms with E-state index in [1.54, 1.807) is 11.5 Å². The third kappa shape index (κ3) is 7.93. The van der Waals surface area contributed by atoms with Crippen LogP contribution in [0.5, 0.6) is 0 Å². The first-order chi connectivity index (χ1) is 21.6. The van der Waals surface area contributed by atoms with Gasteiger partial charge in [-0.25, -0.2) is 0 Å². The molecule has 2 atom stereocenters. The van der Waals surface area contributed by atoms with Crippen molar-refractivity contribution in [3.8, 4) is 11.1 Å². The fourth-order valence-corrected chi connectivity index (χ4v) is 8.47. The second-order valence-electron chi connectivity index (χ2n) is 12.4. The Kier molecular flexibility index (Phi) is 13.7. The van der Waals surface area contributed by atoms with E-state index in [9.17, 15) is 0 Å². The molecule has 2 unspecified atom stereocenters. The molecule has 1 aliphatic heterocycles. The fraction of sp³-hybridized carbons (Fsp3) is 0.349. The summed E-state index contributed by atoms with van der Waals surface area (Å²) in [6.45, 7) is 12.7. The molecule has 4 aromatic carbocycles. The van der Waals surface area contributed by atoms with Gasteiger partial charge in [0.2, 0.25) is 0 Å². The topological polar surface area (TPSA) is 0 Å². The minimum atomic E-state index is 0. The third-order valence-electron chi connectivity index (χ3n) is 9.38. The van der Waals surface area contributed by atoms with Gasteiger partial charge >= 0.3 is 21.7 Å². The van der Waals surface area contributed by atoms with Gasteiger partial charge in [-0.1, -0.05) is 178 Å². The minimum absolute atomic E-state index is 0. The van der Waals surface area contributed by atoms with Crippen molar-refractivity contribution in [3.63, 3.8) is 0 Å². The molecule has 0 nitrogen and oxygen atoms in total. The van der Waals surface area contributed by atoms with Gasteiger partial charge in [0.25, 0.3) is 0 Å². The van der Waals surface area contributed by atoms with Crippen LogP contribution in [-0.4, -0.2) is 9.52 Å². The van der Waals surface area contributed by atoms with Crippen molar-refractivity contribution < 1.29 is 21.7 Å². The van der Waals surface area contributed by atoms with E-state index < -0.39 is 0 Å². The molecule has 1 heterocycles. The quantitative estimate of drug-likeness (QED) is 0.139. The Labute approximate surface area is 291 Å². The maximum absolute atomic E-state index is 3.60. The predicted octanol–water partition coefficient (Wildman–Crippen LogP) is 12.9. The first kappa shape index (κ1) is 35.4. The normalized spacial score (nSPS) is 17.7. The number of benzene rings is 4. The van der Waals surface area contributed by atoms with Gasteiger partial charge in [0.15, 0.2) is 0 Å². The Morgan fingerprint density at radius 2 is 1.42 bits per heavy atom. The number of rotatable bonds is 7. The molecule has 2 heteroatoms. The molecule has 2 radical (unpaired) electrons. The molecule has 3 aliphatic rings. The summed E-state index contributed by atoms with van der Waals surface area (Å²) >= 11 is 0. The van der Waals surface area contributed by atoms with E-state index in [1.807, 2.05) is 0 Å². The molecular formula is C43H50SiTi. The van der Waals surface area contributed by atoms with Crippen molar-refractivity contribution >= 4 is 32.4 Å². The average Bonchev–Trinajstić information content (AvgIpc) is 3.84. The number of fused-ring (bicyclic) bond motifs is 4. The van der Waals surface area contributed by atoms with Crippen molar-refractivity contribution in [2.75, 3.05) is 0 Å². The standard InChI is InChI=1S/C35H33.C4H8Si.C4H9.Ti/c1-4-12-31(34-23(3)21-32-27-16-10-9-15-26(27)19-20-30(32)34)35-24(5-2)22-33-28(17-11-18-29(33)35)25-13-7-6-8-14-25;1-2-4-5-3-1;1-3-4-2;/h6-11,13-22,34-35H,4-5,12H2,1-3H3;1-4H2;1,3-4H2,2H3;/q-1;;-1;+2. The summed E-state index contributed by atoms with van der Waals surface area (Å²) in [5, 5.41) is 2.72. The molecule has 1 saturated heterocycles. The van der Waals surface area contributed by atoms with Crippen molar-refractivity contribution in [1.29, 1.82) is 0 Å². The Morgan fingerprint density at radius 1 is 0.733 bits per heavy atom. The van der Waals surface area contributed by atoms with Crippen molar-refractivity contribution in [1.82, 2.24) is 0 Å². The zero-order valence-electron chi connectivity index (χ0n) is 28.0. The smallest absolute Gasteiger partial charge is 0.343 e. The van der Waals surface area contributed by atoms with Gasteiger partial charge in [0.1, 0.15) is 0 Å². The molecule has 0 aromatic heterocycles. The van der Waals surface area contributed by atoms with E-state index in [1.165, 1.54) is 97.0 Å². The van der Waals surface area contributed by atoms with Gasteiger partial charge in [-0.05, 0) is 46.4 Å². The van der Waals surface area contributed by atoms with Crippen LogP contribution in [-0.2, 0) is 21.7 Å². The fourth-order valence-electron chi connectivity index (χ4n) is 7.22. The first-order valence-electron chi connectivity index (χ1n) is 17.1. The number of unbranched alkanes of at least 4 members (excludes halogenated alkanes) is 1. The van der Waals surface area contributed by atoms with Gasteiger partial charge in [0.05, 0.1) is 0 Å². The number of allylic oxidation sites excluding steroid dienone is 2. The van der Waals surface area contributed by atoms with Crippen molar-refractivity contribution in [2.24, 2.45) is 0 Å². The molecule has 0 saturated carbocycles. The Balaban J connectivity index is 0.000000403. The summed E-state index contributed by atoms with van der Waals surface area (Å²) in [6, 6.07) is 34.4. The summed E-state index contributed by atoms with van der Waals surface area (Å²) in [5.74, 6) is 2.46. The monoisotopic (exact) mass is 642 g/mol. The first-order valence-corrected chi connectivity index (χ1v) is 18.5. The van der Waals surface area contributed by atoms with E-state index in [0.717, 1.165) is 19.3 Å². The molecule has 1 fully saturated rings. The SMILES string of the molecule is C1CC[Si]C1.CCC[C-](C1C(CC)=Cc2c(-c3ccccc3)cccc21)C1C(C)=Cc2c1ccc1ccccc21.[CH2-]CCC.[Ti+2]. The molecule has 2 aliphatic carbocycles. The van der Waals surface area contributed by atoms with Crippen LogP contribution in [0.2, 0.25) is 12.1 Å². The molecule has 0 amide bonds. The van der Waals surface area contributed by atoms with E-state index in [2.05, 4.69) is 132 Å². The number of hydrogen-bond donors (Lipinski definition) is 0. The van der Waals surface area contributed by atoms with Crippen LogP contribution in [0.3, 0.4) is 0 Å². The van der Waals surface area contributed by atoms with Crippen molar-refractivity contribution in [2.45, 2.75) is 96.6 Å². The number of hydrogen-bond acceptors (Lipinski definition) is 0. The summed E-state index contributed by atoms with van der Waals surface area (Å²) in [5.41, 5.74) is 11.6. The summed E-state index contributed by atoms with van der Waals surface area (Å²) in [6.07, 6.45) is 13.7. The summed E-state index contributed by atoms with van der Waals surface area (Å²) in [4.78, 5) is 0. The predicted molar refractivity (Wildman–Crippen MR) is 196 cm³/mol. The average molecular weight is 643 g/mol. The molecule has 45 heavy (non-hydrogen) atoms. The maximum atomic E-state index is 3.60. The summed E-state index contributed by atoms with van der Waals surface area (Å²) < 4.78 is 0. The molecule has 0 bridgehead atoms. The van der Waals surface area contributed by atoms with Gasteiger partial charge < -0.3 is 6.92 Å².